The molecule has 1 aromatic rings. The first-order valence-corrected chi connectivity index (χ1v) is 9.13. The molecule has 0 saturated carbocycles. The number of para-hydroxylation sites is 1. The summed E-state index contributed by atoms with van der Waals surface area (Å²) in [6, 6.07) is 7.77. The molecule has 1 aliphatic heterocycles. The second kappa shape index (κ2) is 6.77. The Hall–Kier alpha value is -1.11. The molecule has 5 nitrogen and oxygen atoms in total. The normalized spacial score (nSPS) is 21.7. The van der Waals surface area contributed by atoms with Crippen LogP contribution in [0.15, 0.2) is 24.3 Å². The van der Waals surface area contributed by atoms with Gasteiger partial charge in [0.05, 0.1) is 24.7 Å². The highest BCUT2D eigenvalue weighted by Crippen LogP contribution is 2.33. The zero-order chi connectivity index (χ0) is 15.5. The van der Waals surface area contributed by atoms with Crippen molar-refractivity contribution in [3.63, 3.8) is 0 Å². The molecule has 1 aliphatic rings. The number of hydrogen-bond donors (Lipinski definition) is 1. The Morgan fingerprint density at radius 1 is 1.29 bits per heavy atom. The summed E-state index contributed by atoms with van der Waals surface area (Å²) >= 11 is 0. The Morgan fingerprint density at radius 3 is 2.48 bits per heavy atom. The van der Waals surface area contributed by atoms with E-state index in [1.54, 1.807) is 7.11 Å². The number of hydrogen-bond acceptors (Lipinski definition) is 5. The Morgan fingerprint density at radius 2 is 1.90 bits per heavy atom. The third-order valence-corrected chi connectivity index (χ3v) is 5.72. The van der Waals surface area contributed by atoms with Gasteiger partial charge in [0.1, 0.15) is 5.75 Å². The van der Waals surface area contributed by atoms with Crippen molar-refractivity contribution in [3.05, 3.63) is 29.8 Å². The average molecular weight is 312 g/mol. The quantitative estimate of drug-likeness (QED) is 0.884. The maximum Gasteiger partial charge on any atom is 0.152 e. The van der Waals surface area contributed by atoms with E-state index in [9.17, 15) is 8.42 Å². The minimum Gasteiger partial charge on any atom is -0.496 e. The molecule has 2 unspecified atom stereocenters. The molecule has 0 spiro atoms. The fourth-order valence-corrected chi connectivity index (χ4v) is 4.07. The molecule has 6 heteroatoms. The van der Waals surface area contributed by atoms with Crippen LogP contribution in [0.3, 0.4) is 0 Å². The third-order valence-electron chi connectivity index (χ3n) is 4.11. The van der Waals surface area contributed by atoms with Gasteiger partial charge in [0.25, 0.3) is 0 Å². The van der Waals surface area contributed by atoms with Gasteiger partial charge in [0, 0.05) is 24.7 Å². The van der Waals surface area contributed by atoms with Crippen molar-refractivity contribution in [2.45, 2.75) is 25.4 Å². The first-order valence-electron chi connectivity index (χ1n) is 7.31. The van der Waals surface area contributed by atoms with E-state index >= 15 is 0 Å². The SMILES string of the molecule is CCC(N)C(c1ccccc1OC)N1CCS(=O)(=O)CC1. The molecule has 2 atom stereocenters. The number of sulfone groups is 1. The van der Waals surface area contributed by atoms with Crippen molar-refractivity contribution in [2.75, 3.05) is 31.7 Å². The molecule has 0 aromatic heterocycles. The van der Waals surface area contributed by atoms with Crippen LogP contribution in [0.4, 0.5) is 0 Å². The molecule has 0 amide bonds. The first-order chi connectivity index (χ1) is 9.98. The Bertz CT molecular complexity index is 560. The molecule has 0 bridgehead atoms. The topological polar surface area (TPSA) is 72.6 Å². The van der Waals surface area contributed by atoms with E-state index in [1.807, 2.05) is 31.2 Å². The van der Waals surface area contributed by atoms with Crippen LogP contribution in [0.25, 0.3) is 0 Å². The molecule has 1 saturated heterocycles. The summed E-state index contributed by atoms with van der Waals surface area (Å²) in [5.74, 6) is 1.21. The van der Waals surface area contributed by atoms with Gasteiger partial charge in [0.2, 0.25) is 0 Å². The van der Waals surface area contributed by atoms with Gasteiger partial charge in [-0.15, -0.1) is 0 Å². The van der Waals surface area contributed by atoms with Crippen molar-refractivity contribution in [1.29, 1.82) is 0 Å². The molecule has 1 fully saturated rings. The average Bonchev–Trinajstić information content (AvgIpc) is 2.49. The maximum absolute atomic E-state index is 11.6. The van der Waals surface area contributed by atoms with E-state index in [-0.39, 0.29) is 23.6 Å². The van der Waals surface area contributed by atoms with Gasteiger partial charge in [-0.05, 0) is 12.5 Å². The monoisotopic (exact) mass is 312 g/mol. The van der Waals surface area contributed by atoms with Crippen molar-refractivity contribution in [2.24, 2.45) is 5.73 Å². The molecule has 1 aromatic carbocycles. The van der Waals surface area contributed by atoms with Gasteiger partial charge in [-0.2, -0.15) is 0 Å². The van der Waals surface area contributed by atoms with Crippen LogP contribution in [0, 0.1) is 0 Å². The fourth-order valence-electron chi connectivity index (χ4n) is 2.84. The third kappa shape index (κ3) is 3.75. The van der Waals surface area contributed by atoms with Crippen LogP contribution in [0.5, 0.6) is 5.75 Å². The van der Waals surface area contributed by atoms with Crippen molar-refractivity contribution >= 4 is 9.84 Å². The maximum atomic E-state index is 11.6. The molecule has 118 valence electrons. The van der Waals surface area contributed by atoms with Crippen LogP contribution in [-0.4, -0.2) is 51.1 Å². The van der Waals surface area contributed by atoms with Gasteiger partial charge < -0.3 is 10.5 Å². The van der Waals surface area contributed by atoms with E-state index in [0.29, 0.717) is 13.1 Å². The summed E-state index contributed by atoms with van der Waals surface area (Å²) in [6.45, 7) is 3.10. The minimum atomic E-state index is -2.89. The smallest absolute Gasteiger partial charge is 0.152 e. The highest BCUT2D eigenvalue weighted by Gasteiger charge is 2.32. The van der Waals surface area contributed by atoms with Crippen molar-refractivity contribution in [3.8, 4) is 5.75 Å². The summed E-state index contributed by atoms with van der Waals surface area (Å²) in [5.41, 5.74) is 7.36. The van der Waals surface area contributed by atoms with E-state index in [1.165, 1.54) is 0 Å². The van der Waals surface area contributed by atoms with E-state index < -0.39 is 9.84 Å². The fraction of sp³-hybridized carbons (Fsp3) is 0.600. The number of nitrogens with zero attached hydrogens (tertiary/aromatic N) is 1. The summed E-state index contributed by atoms with van der Waals surface area (Å²) in [6.07, 6.45) is 0.825. The predicted molar refractivity (Wildman–Crippen MR) is 84.2 cm³/mol. The molecular formula is C15H24N2O3S. The molecule has 0 radical (unpaired) electrons. The first kappa shape index (κ1) is 16.3. The number of benzene rings is 1. The van der Waals surface area contributed by atoms with E-state index in [0.717, 1.165) is 17.7 Å². The van der Waals surface area contributed by atoms with E-state index in [4.69, 9.17) is 10.5 Å². The number of ether oxygens (including phenoxy) is 1. The summed E-state index contributed by atoms with van der Waals surface area (Å²) in [4.78, 5) is 2.17. The van der Waals surface area contributed by atoms with Crippen LogP contribution >= 0.6 is 0 Å². The second-order valence-electron chi connectivity index (χ2n) is 5.45. The molecule has 1 heterocycles. The molecule has 21 heavy (non-hydrogen) atoms. The van der Waals surface area contributed by atoms with Gasteiger partial charge in [-0.1, -0.05) is 25.1 Å². The van der Waals surface area contributed by atoms with Crippen LogP contribution in [0.1, 0.15) is 24.9 Å². The summed E-state index contributed by atoms with van der Waals surface area (Å²) in [7, 11) is -1.25. The zero-order valence-electron chi connectivity index (χ0n) is 12.7. The van der Waals surface area contributed by atoms with Gasteiger partial charge in [0.15, 0.2) is 9.84 Å². The highest BCUT2D eigenvalue weighted by molar-refractivity contribution is 7.91. The number of nitrogens with two attached hydrogens (primary N) is 1. The number of methoxy groups -OCH3 is 1. The molecule has 2 rings (SSSR count). The Kier molecular flexibility index (Phi) is 5.24. The lowest BCUT2D eigenvalue weighted by Crippen LogP contribution is -2.48. The van der Waals surface area contributed by atoms with Gasteiger partial charge in [-0.25, -0.2) is 8.42 Å². The lowest BCUT2D eigenvalue weighted by atomic mass is 9.95. The lowest BCUT2D eigenvalue weighted by molar-refractivity contribution is 0.179. The van der Waals surface area contributed by atoms with Crippen LogP contribution in [0.2, 0.25) is 0 Å². The standard InChI is InChI=1S/C15H24N2O3S/c1-3-13(16)15(12-6-4-5-7-14(12)20-2)17-8-10-21(18,19)11-9-17/h4-7,13,15H,3,8-11,16H2,1-2H3. The largest absolute Gasteiger partial charge is 0.496 e. The lowest BCUT2D eigenvalue weighted by Gasteiger charge is -2.38. The van der Waals surface area contributed by atoms with E-state index in [2.05, 4.69) is 4.90 Å². The number of rotatable bonds is 5. The van der Waals surface area contributed by atoms with Crippen molar-refractivity contribution < 1.29 is 13.2 Å². The molecule has 0 aliphatic carbocycles. The predicted octanol–water partition coefficient (Wildman–Crippen LogP) is 1.20. The Labute approximate surface area is 127 Å². The second-order valence-corrected chi connectivity index (χ2v) is 7.75. The summed E-state index contributed by atoms with van der Waals surface area (Å²) < 4.78 is 28.7. The highest BCUT2D eigenvalue weighted by atomic mass is 32.2. The van der Waals surface area contributed by atoms with Crippen molar-refractivity contribution in [1.82, 2.24) is 4.90 Å². The minimum absolute atomic E-state index is 0.0124. The molecule has 2 N–H and O–H groups in total. The summed E-state index contributed by atoms with van der Waals surface area (Å²) in [5, 5.41) is 0. The van der Waals surface area contributed by atoms with Crippen LogP contribution in [-0.2, 0) is 9.84 Å². The van der Waals surface area contributed by atoms with Gasteiger partial charge in [-0.3, -0.25) is 4.90 Å². The van der Waals surface area contributed by atoms with Gasteiger partial charge >= 0.3 is 0 Å². The molecular weight excluding hydrogens is 288 g/mol. The van der Waals surface area contributed by atoms with Crippen LogP contribution < -0.4 is 10.5 Å². The zero-order valence-corrected chi connectivity index (χ0v) is 13.5. The Balaban J connectivity index is 2.31.